The SMILES string of the molecule is COCCNS(=O)(=O)c1cccc(C(=O)Nc2ccc(OC)c(Cl)c2)c1. The van der Waals surface area contributed by atoms with E-state index >= 15 is 0 Å². The van der Waals surface area contributed by atoms with Crippen molar-refractivity contribution in [1.82, 2.24) is 4.72 Å². The molecule has 0 radical (unpaired) electrons. The largest absolute Gasteiger partial charge is 0.495 e. The number of rotatable bonds is 8. The second-order valence-electron chi connectivity index (χ2n) is 5.22. The van der Waals surface area contributed by atoms with Crippen molar-refractivity contribution in [3.05, 3.63) is 53.1 Å². The number of sulfonamides is 1. The molecule has 1 amide bonds. The molecule has 0 aliphatic rings. The Hall–Kier alpha value is -2.13. The van der Waals surface area contributed by atoms with E-state index in [1.165, 1.54) is 38.5 Å². The number of ether oxygens (including phenoxy) is 2. The van der Waals surface area contributed by atoms with E-state index in [4.69, 9.17) is 21.1 Å². The Morgan fingerprint density at radius 2 is 1.92 bits per heavy atom. The summed E-state index contributed by atoms with van der Waals surface area (Å²) in [6.07, 6.45) is 0. The molecule has 140 valence electrons. The first-order valence-corrected chi connectivity index (χ1v) is 9.47. The zero-order valence-electron chi connectivity index (χ0n) is 14.3. The van der Waals surface area contributed by atoms with Gasteiger partial charge in [-0.3, -0.25) is 4.79 Å². The third-order valence-corrected chi connectivity index (χ3v) is 5.17. The Labute approximate surface area is 157 Å². The number of carbonyl (C=O) groups is 1. The molecular weight excluding hydrogens is 380 g/mol. The van der Waals surface area contributed by atoms with Crippen molar-refractivity contribution < 1.29 is 22.7 Å². The smallest absolute Gasteiger partial charge is 0.255 e. The number of benzene rings is 2. The zero-order valence-corrected chi connectivity index (χ0v) is 15.9. The van der Waals surface area contributed by atoms with Crippen LogP contribution >= 0.6 is 11.6 Å². The second-order valence-corrected chi connectivity index (χ2v) is 7.40. The molecule has 0 aliphatic carbocycles. The maximum absolute atomic E-state index is 12.4. The van der Waals surface area contributed by atoms with Crippen LogP contribution in [-0.4, -0.2) is 41.7 Å². The summed E-state index contributed by atoms with van der Waals surface area (Å²) >= 11 is 6.03. The fraction of sp³-hybridized carbons (Fsp3) is 0.235. The lowest BCUT2D eigenvalue weighted by Gasteiger charge is -2.10. The minimum absolute atomic E-state index is 0.00554. The average Bonchev–Trinajstić information content (AvgIpc) is 2.62. The van der Waals surface area contributed by atoms with Crippen LogP contribution in [-0.2, 0) is 14.8 Å². The summed E-state index contributed by atoms with van der Waals surface area (Å²) in [5.74, 6) is 0.0278. The number of hydrogen-bond acceptors (Lipinski definition) is 5. The molecule has 0 atom stereocenters. The molecule has 9 heteroatoms. The predicted octanol–water partition coefficient (Wildman–Crippen LogP) is 2.53. The van der Waals surface area contributed by atoms with Crippen LogP contribution in [0.3, 0.4) is 0 Å². The van der Waals surface area contributed by atoms with Crippen LogP contribution in [0.4, 0.5) is 5.69 Å². The monoisotopic (exact) mass is 398 g/mol. The average molecular weight is 399 g/mol. The first kappa shape index (κ1) is 20.2. The second kappa shape index (κ2) is 9.00. The Morgan fingerprint density at radius 1 is 1.15 bits per heavy atom. The third kappa shape index (κ3) is 5.18. The molecule has 0 bridgehead atoms. The Morgan fingerprint density at radius 3 is 2.58 bits per heavy atom. The molecule has 0 saturated carbocycles. The van der Waals surface area contributed by atoms with E-state index in [9.17, 15) is 13.2 Å². The van der Waals surface area contributed by atoms with E-state index in [-0.39, 0.29) is 23.6 Å². The highest BCUT2D eigenvalue weighted by Gasteiger charge is 2.16. The molecule has 0 unspecified atom stereocenters. The van der Waals surface area contributed by atoms with Crippen LogP contribution < -0.4 is 14.8 Å². The molecule has 2 N–H and O–H groups in total. The number of methoxy groups -OCH3 is 2. The van der Waals surface area contributed by atoms with E-state index in [0.29, 0.717) is 16.5 Å². The van der Waals surface area contributed by atoms with E-state index in [1.807, 2.05) is 0 Å². The van der Waals surface area contributed by atoms with Crippen molar-refractivity contribution >= 4 is 33.2 Å². The van der Waals surface area contributed by atoms with Gasteiger partial charge in [0.05, 0.1) is 23.6 Å². The summed E-state index contributed by atoms with van der Waals surface area (Å²) in [6.45, 7) is 0.386. The van der Waals surface area contributed by atoms with Gasteiger partial charge in [0.2, 0.25) is 10.0 Å². The van der Waals surface area contributed by atoms with E-state index in [0.717, 1.165) is 0 Å². The maximum Gasteiger partial charge on any atom is 0.255 e. The molecule has 2 rings (SSSR count). The number of nitrogens with one attached hydrogen (secondary N) is 2. The molecule has 2 aromatic carbocycles. The van der Waals surface area contributed by atoms with E-state index < -0.39 is 15.9 Å². The fourth-order valence-electron chi connectivity index (χ4n) is 2.11. The molecule has 0 saturated heterocycles. The molecule has 7 nitrogen and oxygen atoms in total. The van der Waals surface area contributed by atoms with Crippen molar-refractivity contribution in [2.45, 2.75) is 4.90 Å². The van der Waals surface area contributed by atoms with Gasteiger partial charge in [-0.15, -0.1) is 0 Å². The lowest BCUT2D eigenvalue weighted by Crippen LogP contribution is -2.27. The van der Waals surface area contributed by atoms with E-state index in [1.54, 1.807) is 18.2 Å². The normalized spacial score (nSPS) is 11.2. The molecule has 0 heterocycles. The molecule has 0 fully saturated rings. The summed E-state index contributed by atoms with van der Waals surface area (Å²) in [4.78, 5) is 12.4. The van der Waals surface area contributed by atoms with Gasteiger partial charge in [-0.1, -0.05) is 17.7 Å². The van der Waals surface area contributed by atoms with Crippen LogP contribution in [0.1, 0.15) is 10.4 Å². The van der Waals surface area contributed by atoms with Gasteiger partial charge < -0.3 is 14.8 Å². The first-order valence-electron chi connectivity index (χ1n) is 7.61. The van der Waals surface area contributed by atoms with Crippen LogP contribution in [0.25, 0.3) is 0 Å². The molecular formula is C17H19ClN2O5S. The quantitative estimate of drug-likeness (QED) is 0.666. The lowest BCUT2D eigenvalue weighted by atomic mass is 10.2. The number of halogens is 1. The summed E-state index contributed by atoms with van der Waals surface area (Å²) in [5.41, 5.74) is 0.666. The topological polar surface area (TPSA) is 93.7 Å². The molecule has 0 aromatic heterocycles. The fourth-order valence-corrected chi connectivity index (χ4v) is 3.43. The Bertz CT molecular complexity index is 886. The van der Waals surface area contributed by atoms with Crippen LogP contribution in [0, 0.1) is 0 Å². The van der Waals surface area contributed by atoms with E-state index in [2.05, 4.69) is 10.0 Å². The lowest BCUT2D eigenvalue weighted by molar-refractivity contribution is 0.102. The van der Waals surface area contributed by atoms with Crippen molar-refractivity contribution in [3.8, 4) is 5.75 Å². The number of carbonyl (C=O) groups excluding carboxylic acids is 1. The standard InChI is InChI=1S/C17H19ClN2O5S/c1-24-9-8-19-26(22,23)14-5-3-4-12(10-14)17(21)20-13-6-7-16(25-2)15(18)11-13/h3-7,10-11,19H,8-9H2,1-2H3,(H,20,21). The van der Waals surface area contributed by atoms with Crippen LogP contribution in [0.5, 0.6) is 5.75 Å². The van der Waals surface area contributed by atoms with Crippen molar-refractivity contribution in [2.75, 3.05) is 32.7 Å². The number of hydrogen-bond donors (Lipinski definition) is 2. The summed E-state index contributed by atoms with van der Waals surface area (Å²) < 4.78 is 36.7. The molecule has 0 aliphatic heterocycles. The summed E-state index contributed by atoms with van der Waals surface area (Å²) in [7, 11) is -0.756. The first-order chi connectivity index (χ1) is 12.4. The van der Waals surface area contributed by atoms with Gasteiger partial charge >= 0.3 is 0 Å². The summed E-state index contributed by atoms with van der Waals surface area (Å²) in [5, 5.41) is 3.02. The minimum Gasteiger partial charge on any atom is -0.495 e. The van der Waals surface area contributed by atoms with Gasteiger partial charge in [-0.2, -0.15) is 0 Å². The highest BCUT2D eigenvalue weighted by molar-refractivity contribution is 7.89. The van der Waals surface area contributed by atoms with Gasteiger partial charge in [-0.25, -0.2) is 13.1 Å². The highest BCUT2D eigenvalue weighted by Crippen LogP contribution is 2.27. The maximum atomic E-state index is 12.4. The predicted molar refractivity (Wildman–Crippen MR) is 99.5 cm³/mol. The number of amides is 1. The highest BCUT2D eigenvalue weighted by atomic mass is 35.5. The van der Waals surface area contributed by atoms with Crippen molar-refractivity contribution in [1.29, 1.82) is 0 Å². The van der Waals surface area contributed by atoms with Gasteiger partial charge in [0, 0.05) is 24.9 Å². The minimum atomic E-state index is -3.72. The zero-order chi connectivity index (χ0) is 19.2. The van der Waals surface area contributed by atoms with Gasteiger partial charge in [0.15, 0.2) is 0 Å². The molecule has 0 spiro atoms. The van der Waals surface area contributed by atoms with Gasteiger partial charge in [0.1, 0.15) is 5.75 Å². The Kier molecular flexibility index (Phi) is 6.98. The third-order valence-electron chi connectivity index (χ3n) is 3.41. The molecule has 26 heavy (non-hydrogen) atoms. The van der Waals surface area contributed by atoms with Crippen LogP contribution in [0.15, 0.2) is 47.4 Å². The van der Waals surface area contributed by atoms with Crippen LogP contribution in [0.2, 0.25) is 5.02 Å². The van der Waals surface area contributed by atoms with Crippen molar-refractivity contribution in [2.24, 2.45) is 0 Å². The number of anilines is 1. The van der Waals surface area contributed by atoms with Gasteiger partial charge in [0.25, 0.3) is 5.91 Å². The Balaban J connectivity index is 2.16. The molecule has 2 aromatic rings. The summed E-state index contributed by atoms with van der Waals surface area (Å²) in [6, 6.07) is 10.5. The van der Waals surface area contributed by atoms with Crippen molar-refractivity contribution in [3.63, 3.8) is 0 Å². The van der Waals surface area contributed by atoms with Gasteiger partial charge in [-0.05, 0) is 36.4 Å².